The predicted molar refractivity (Wildman–Crippen MR) is 122 cm³/mol. The summed E-state index contributed by atoms with van der Waals surface area (Å²) in [6.45, 7) is 2.98. The number of amides is 2. The Kier molecular flexibility index (Phi) is 6.64. The first kappa shape index (κ1) is 22.8. The van der Waals surface area contributed by atoms with E-state index in [9.17, 15) is 19.2 Å². The van der Waals surface area contributed by atoms with Crippen molar-refractivity contribution in [2.45, 2.75) is 32.1 Å². The van der Waals surface area contributed by atoms with Gasteiger partial charge in [0.1, 0.15) is 5.82 Å². The van der Waals surface area contributed by atoms with Crippen LogP contribution in [0.25, 0.3) is 0 Å². The second kappa shape index (κ2) is 9.62. The fourth-order valence-corrected chi connectivity index (χ4v) is 4.34. The van der Waals surface area contributed by atoms with Gasteiger partial charge in [-0.2, -0.15) is 4.98 Å². The first-order chi connectivity index (χ1) is 15.9. The van der Waals surface area contributed by atoms with Crippen molar-refractivity contribution in [3.05, 3.63) is 45.2 Å². The molecular formula is C22H24ClN5O5. The van der Waals surface area contributed by atoms with E-state index in [2.05, 4.69) is 20.6 Å². The van der Waals surface area contributed by atoms with E-state index in [1.165, 1.54) is 0 Å². The highest BCUT2D eigenvalue weighted by Crippen LogP contribution is 2.31. The Labute approximate surface area is 194 Å². The molecule has 0 aliphatic carbocycles. The highest BCUT2D eigenvalue weighted by atomic mass is 35.5. The summed E-state index contributed by atoms with van der Waals surface area (Å²) in [6.07, 6.45) is 1.23. The molecule has 2 aromatic rings. The molecule has 2 aliphatic rings. The molecule has 1 aromatic heterocycles. The quantitative estimate of drug-likeness (QED) is 0.567. The molecule has 1 saturated heterocycles. The molecule has 0 radical (unpaired) electrons. The van der Waals surface area contributed by atoms with Crippen LogP contribution in [-0.4, -0.2) is 47.4 Å². The van der Waals surface area contributed by atoms with Gasteiger partial charge in [-0.05, 0) is 38.0 Å². The molecule has 2 amide bonds. The summed E-state index contributed by atoms with van der Waals surface area (Å²) >= 11 is 5.97. The smallest absolute Gasteiger partial charge is 0.310 e. The Balaban J connectivity index is 1.59. The van der Waals surface area contributed by atoms with Crippen molar-refractivity contribution in [1.82, 2.24) is 9.97 Å². The molecule has 4 rings (SSSR count). The number of benzene rings is 1. The number of esters is 1. The number of rotatable bonds is 5. The molecule has 1 aromatic carbocycles. The first-order valence-electron chi connectivity index (χ1n) is 10.8. The molecule has 3 N–H and O–H groups in total. The standard InChI is InChI=1S/C22H24ClN5O5/c1-2-33-21(32)12-5-4-8-28(11-12)22-26-18-17(20(31)27-22)15(10-16(29)25-18)19(30)24-14-7-3-6-13(23)9-14/h3,6-7,9,12,15H,2,4-5,8,10-11H2,1H3,(H,24,30)(H2,25,26,27,29,31)/t12-,15+/m1/s1. The number of aromatic nitrogens is 2. The fourth-order valence-electron chi connectivity index (χ4n) is 4.15. The largest absolute Gasteiger partial charge is 0.466 e. The Bertz CT molecular complexity index is 1150. The summed E-state index contributed by atoms with van der Waals surface area (Å²) in [5.41, 5.74) is 0.0377. The lowest BCUT2D eigenvalue weighted by atomic mass is 9.92. The van der Waals surface area contributed by atoms with E-state index in [0.29, 0.717) is 36.8 Å². The summed E-state index contributed by atoms with van der Waals surface area (Å²) < 4.78 is 5.12. The lowest BCUT2D eigenvalue weighted by Gasteiger charge is -2.32. The van der Waals surface area contributed by atoms with Gasteiger partial charge in [-0.25, -0.2) is 0 Å². The third kappa shape index (κ3) is 5.00. The molecule has 0 bridgehead atoms. The lowest BCUT2D eigenvalue weighted by molar-refractivity contribution is -0.148. The van der Waals surface area contributed by atoms with Crippen molar-refractivity contribution in [3.8, 4) is 0 Å². The van der Waals surface area contributed by atoms with Crippen LogP contribution in [0.5, 0.6) is 0 Å². The molecule has 10 nitrogen and oxygen atoms in total. The van der Waals surface area contributed by atoms with Gasteiger partial charge in [0.25, 0.3) is 5.56 Å². The van der Waals surface area contributed by atoms with Gasteiger partial charge in [0.15, 0.2) is 0 Å². The van der Waals surface area contributed by atoms with Crippen LogP contribution in [0.2, 0.25) is 5.02 Å². The average molecular weight is 474 g/mol. The zero-order valence-corrected chi connectivity index (χ0v) is 18.8. The van der Waals surface area contributed by atoms with Crippen molar-refractivity contribution in [2.24, 2.45) is 5.92 Å². The number of nitrogens with zero attached hydrogens (tertiary/aromatic N) is 2. The number of nitrogens with one attached hydrogen (secondary N) is 3. The summed E-state index contributed by atoms with van der Waals surface area (Å²) in [6, 6.07) is 6.59. The number of piperidine rings is 1. The van der Waals surface area contributed by atoms with E-state index in [4.69, 9.17) is 16.3 Å². The van der Waals surface area contributed by atoms with Gasteiger partial charge in [-0.3, -0.25) is 24.2 Å². The van der Waals surface area contributed by atoms with E-state index in [1.807, 2.05) is 0 Å². The van der Waals surface area contributed by atoms with Crippen LogP contribution in [0.4, 0.5) is 17.5 Å². The van der Waals surface area contributed by atoms with Crippen LogP contribution >= 0.6 is 11.6 Å². The van der Waals surface area contributed by atoms with Crippen molar-refractivity contribution < 1.29 is 19.1 Å². The lowest BCUT2D eigenvalue weighted by Crippen LogP contribution is -2.42. The number of halogens is 1. The minimum absolute atomic E-state index is 0.0505. The van der Waals surface area contributed by atoms with Crippen LogP contribution in [-0.2, 0) is 19.1 Å². The number of carbonyl (C=O) groups excluding carboxylic acids is 3. The first-order valence-corrected chi connectivity index (χ1v) is 11.2. The van der Waals surface area contributed by atoms with E-state index in [0.717, 1.165) is 6.42 Å². The maximum Gasteiger partial charge on any atom is 0.310 e. The number of anilines is 3. The minimum atomic E-state index is -1.01. The number of fused-ring (bicyclic) bond motifs is 1. The second-order valence-corrected chi connectivity index (χ2v) is 8.43. The van der Waals surface area contributed by atoms with Crippen LogP contribution in [0.1, 0.15) is 37.7 Å². The molecule has 2 aliphatic heterocycles. The van der Waals surface area contributed by atoms with Gasteiger partial charge in [-0.15, -0.1) is 0 Å². The fraction of sp³-hybridized carbons (Fsp3) is 0.409. The average Bonchev–Trinajstić information content (AvgIpc) is 2.78. The zero-order chi connectivity index (χ0) is 23.5. The number of carbonyl (C=O) groups is 3. The molecule has 2 atom stereocenters. The summed E-state index contributed by atoms with van der Waals surface area (Å²) in [7, 11) is 0. The van der Waals surface area contributed by atoms with Gasteiger partial charge < -0.3 is 20.3 Å². The van der Waals surface area contributed by atoms with Crippen LogP contribution in [0, 0.1) is 5.92 Å². The SMILES string of the molecule is CCOC(=O)[C@@H]1CCCN(c2nc3c(c(=O)[nH]2)[C@@H](C(=O)Nc2cccc(Cl)c2)CC(=O)N3)C1. The molecule has 11 heteroatoms. The number of H-pyrrole nitrogens is 1. The zero-order valence-electron chi connectivity index (χ0n) is 18.0. The highest BCUT2D eigenvalue weighted by molar-refractivity contribution is 6.30. The summed E-state index contributed by atoms with van der Waals surface area (Å²) in [5, 5.41) is 5.75. The third-order valence-electron chi connectivity index (χ3n) is 5.69. The molecule has 1 fully saturated rings. The summed E-state index contributed by atoms with van der Waals surface area (Å²) in [4.78, 5) is 59.3. The van der Waals surface area contributed by atoms with Gasteiger partial charge in [0, 0.05) is 30.2 Å². The maximum atomic E-state index is 13.0. The van der Waals surface area contributed by atoms with Crippen molar-refractivity contribution >= 4 is 46.8 Å². The van der Waals surface area contributed by atoms with Gasteiger partial charge in [0.05, 0.1) is 24.0 Å². The van der Waals surface area contributed by atoms with E-state index in [-0.39, 0.29) is 35.6 Å². The number of hydrogen-bond donors (Lipinski definition) is 3. The highest BCUT2D eigenvalue weighted by Gasteiger charge is 2.36. The van der Waals surface area contributed by atoms with Crippen LogP contribution in [0.3, 0.4) is 0 Å². The van der Waals surface area contributed by atoms with E-state index >= 15 is 0 Å². The number of hydrogen-bond acceptors (Lipinski definition) is 7. The monoisotopic (exact) mass is 473 g/mol. The Morgan fingerprint density at radius 2 is 2.15 bits per heavy atom. The molecule has 174 valence electrons. The molecule has 0 spiro atoms. The van der Waals surface area contributed by atoms with Gasteiger partial charge >= 0.3 is 5.97 Å². The maximum absolute atomic E-state index is 13.0. The van der Waals surface area contributed by atoms with E-state index in [1.54, 1.807) is 36.1 Å². The van der Waals surface area contributed by atoms with Crippen LogP contribution in [0.15, 0.2) is 29.1 Å². The van der Waals surface area contributed by atoms with E-state index < -0.39 is 23.3 Å². The van der Waals surface area contributed by atoms with Crippen molar-refractivity contribution in [1.29, 1.82) is 0 Å². The topological polar surface area (TPSA) is 133 Å². The third-order valence-corrected chi connectivity index (χ3v) is 5.92. The molecule has 3 heterocycles. The van der Waals surface area contributed by atoms with Gasteiger partial charge in [-0.1, -0.05) is 17.7 Å². The second-order valence-electron chi connectivity index (χ2n) is 7.99. The Morgan fingerprint density at radius 1 is 1.33 bits per heavy atom. The Hall–Kier alpha value is -3.40. The predicted octanol–water partition coefficient (Wildman–Crippen LogP) is 2.27. The van der Waals surface area contributed by atoms with Crippen molar-refractivity contribution in [3.63, 3.8) is 0 Å². The molecular weight excluding hydrogens is 450 g/mol. The van der Waals surface area contributed by atoms with Gasteiger partial charge in [0.2, 0.25) is 17.8 Å². The van der Waals surface area contributed by atoms with Crippen LogP contribution < -0.4 is 21.1 Å². The summed E-state index contributed by atoms with van der Waals surface area (Å²) in [5.74, 6) is -2.25. The normalized spacial score (nSPS) is 19.9. The minimum Gasteiger partial charge on any atom is -0.466 e. The number of aromatic amines is 1. The molecule has 0 unspecified atom stereocenters. The Morgan fingerprint density at radius 3 is 2.91 bits per heavy atom. The van der Waals surface area contributed by atoms with Crippen molar-refractivity contribution in [2.75, 3.05) is 35.2 Å². The molecule has 33 heavy (non-hydrogen) atoms. The number of ether oxygens (including phenoxy) is 1. The molecule has 0 saturated carbocycles.